The van der Waals surface area contributed by atoms with Gasteiger partial charge in [0.2, 0.25) is 0 Å². The van der Waals surface area contributed by atoms with Gasteiger partial charge in [0.05, 0.1) is 4.92 Å². The van der Waals surface area contributed by atoms with Crippen LogP contribution in [0.3, 0.4) is 0 Å². The summed E-state index contributed by atoms with van der Waals surface area (Å²) in [5.74, 6) is 0.240. The van der Waals surface area contributed by atoms with Gasteiger partial charge in [0, 0.05) is 35.8 Å². The van der Waals surface area contributed by atoms with Gasteiger partial charge in [-0.1, -0.05) is 6.07 Å². The molecule has 1 N–H and O–H groups in total. The number of nitrogens with zero attached hydrogens (tertiary/aromatic N) is 2. The molecule has 2 heterocycles. The van der Waals surface area contributed by atoms with E-state index in [1.165, 1.54) is 11.6 Å². The second-order valence-corrected chi connectivity index (χ2v) is 7.67. The first-order chi connectivity index (χ1) is 13.5. The topological polar surface area (TPSA) is 62.2 Å². The van der Waals surface area contributed by atoms with Crippen molar-refractivity contribution in [2.45, 2.75) is 32.1 Å². The van der Waals surface area contributed by atoms with Crippen LogP contribution in [0.5, 0.6) is 0 Å². The van der Waals surface area contributed by atoms with Gasteiger partial charge in [0.25, 0.3) is 5.69 Å². The number of aryl methyl sites for hydroxylation is 1. The molecule has 4 rings (SSSR count). The van der Waals surface area contributed by atoms with E-state index in [1.807, 2.05) is 19.2 Å². The highest BCUT2D eigenvalue weighted by molar-refractivity contribution is 5.83. The molecule has 1 aromatic heterocycles. The summed E-state index contributed by atoms with van der Waals surface area (Å²) in [5.41, 5.74) is 4.50. The number of fused-ring (bicyclic) bond motifs is 1. The molecule has 146 valence electrons. The predicted octanol–water partition coefficient (Wildman–Crippen LogP) is 4.95. The molecule has 6 heteroatoms. The van der Waals surface area contributed by atoms with E-state index in [0.29, 0.717) is 5.92 Å². The third-order valence-corrected chi connectivity index (χ3v) is 5.94. The molecule has 0 amide bonds. The van der Waals surface area contributed by atoms with E-state index in [0.717, 1.165) is 60.9 Å². The zero-order chi connectivity index (χ0) is 19.7. The van der Waals surface area contributed by atoms with E-state index >= 15 is 0 Å². The van der Waals surface area contributed by atoms with Crippen LogP contribution in [0.25, 0.3) is 10.9 Å². The summed E-state index contributed by atoms with van der Waals surface area (Å²) in [7, 11) is 0. The van der Waals surface area contributed by atoms with E-state index < -0.39 is 0 Å². The Labute approximate surface area is 163 Å². The summed E-state index contributed by atoms with van der Waals surface area (Å²) < 4.78 is 13.6. The number of nitro groups is 1. The van der Waals surface area contributed by atoms with Gasteiger partial charge in [-0.25, -0.2) is 4.39 Å². The number of halogens is 1. The lowest BCUT2D eigenvalue weighted by molar-refractivity contribution is -0.384. The van der Waals surface area contributed by atoms with Gasteiger partial charge in [-0.2, -0.15) is 0 Å². The van der Waals surface area contributed by atoms with Crippen molar-refractivity contribution in [1.82, 2.24) is 9.88 Å². The van der Waals surface area contributed by atoms with Crippen LogP contribution in [0.1, 0.15) is 35.4 Å². The lowest BCUT2D eigenvalue weighted by Crippen LogP contribution is -2.34. The Hall–Kier alpha value is -2.73. The molecular weight excluding hydrogens is 357 g/mol. The van der Waals surface area contributed by atoms with Crippen molar-refractivity contribution in [1.29, 1.82) is 0 Å². The van der Waals surface area contributed by atoms with E-state index in [4.69, 9.17) is 0 Å². The molecular formula is C22H24FN3O2. The van der Waals surface area contributed by atoms with Crippen LogP contribution in [-0.4, -0.2) is 34.4 Å². The monoisotopic (exact) mass is 381 g/mol. The minimum absolute atomic E-state index is 0.158. The van der Waals surface area contributed by atoms with Crippen LogP contribution in [0.15, 0.2) is 42.6 Å². The average Bonchev–Trinajstić information content (AvgIpc) is 3.10. The van der Waals surface area contributed by atoms with Gasteiger partial charge in [-0.05, 0) is 80.1 Å². The molecule has 1 fully saturated rings. The van der Waals surface area contributed by atoms with E-state index in [9.17, 15) is 14.5 Å². The maximum absolute atomic E-state index is 13.6. The SMILES string of the molecule is Cc1ccc([N+](=O)[O-])cc1CCN1CCC(c2c[nH]c3ccc(F)cc23)CC1. The van der Waals surface area contributed by atoms with Crippen molar-refractivity contribution in [3.05, 3.63) is 75.2 Å². The second kappa shape index (κ2) is 7.72. The van der Waals surface area contributed by atoms with Crippen LogP contribution in [0.4, 0.5) is 10.1 Å². The number of benzene rings is 2. The Kier molecular flexibility index (Phi) is 5.13. The quantitative estimate of drug-likeness (QED) is 0.503. The lowest BCUT2D eigenvalue weighted by Gasteiger charge is -2.32. The fourth-order valence-electron chi connectivity index (χ4n) is 4.24. The van der Waals surface area contributed by atoms with E-state index in [1.54, 1.807) is 24.3 Å². The third-order valence-electron chi connectivity index (χ3n) is 5.94. The number of piperidine rings is 1. The Morgan fingerprint density at radius 3 is 2.75 bits per heavy atom. The number of H-pyrrole nitrogens is 1. The van der Waals surface area contributed by atoms with Crippen molar-refractivity contribution >= 4 is 16.6 Å². The Bertz CT molecular complexity index is 1010. The minimum atomic E-state index is -0.335. The molecule has 1 saturated heterocycles. The highest BCUT2D eigenvalue weighted by Crippen LogP contribution is 2.33. The Morgan fingerprint density at radius 2 is 2.00 bits per heavy atom. The fourth-order valence-corrected chi connectivity index (χ4v) is 4.24. The molecule has 0 saturated carbocycles. The van der Waals surface area contributed by atoms with Crippen LogP contribution in [-0.2, 0) is 6.42 Å². The average molecular weight is 381 g/mol. The summed E-state index contributed by atoms with van der Waals surface area (Å²) in [6, 6.07) is 10.00. The molecule has 3 aromatic rings. The van der Waals surface area contributed by atoms with Crippen molar-refractivity contribution in [3.8, 4) is 0 Å². The van der Waals surface area contributed by atoms with Crippen LogP contribution < -0.4 is 0 Å². The predicted molar refractivity (Wildman–Crippen MR) is 108 cm³/mol. The normalized spacial score (nSPS) is 15.9. The van der Waals surface area contributed by atoms with Crippen LogP contribution in [0, 0.1) is 22.9 Å². The summed E-state index contributed by atoms with van der Waals surface area (Å²) >= 11 is 0. The lowest BCUT2D eigenvalue weighted by atomic mass is 9.89. The molecule has 28 heavy (non-hydrogen) atoms. The van der Waals surface area contributed by atoms with Crippen LogP contribution in [0.2, 0.25) is 0 Å². The molecule has 5 nitrogen and oxygen atoms in total. The molecule has 0 unspecified atom stereocenters. The Balaban J connectivity index is 1.37. The highest BCUT2D eigenvalue weighted by atomic mass is 19.1. The van der Waals surface area contributed by atoms with Crippen molar-refractivity contribution in [2.75, 3.05) is 19.6 Å². The van der Waals surface area contributed by atoms with E-state index in [2.05, 4.69) is 9.88 Å². The van der Waals surface area contributed by atoms with Gasteiger partial charge in [-0.15, -0.1) is 0 Å². The third kappa shape index (κ3) is 3.78. The maximum Gasteiger partial charge on any atom is 0.269 e. The molecule has 2 aromatic carbocycles. The number of hydrogen-bond donors (Lipinski definition) is 1. The van der Waals surface area contributed by atoms with Crippen molar-refractivity contribution < 1.29 is 9.31 Å². The number of nitro benzene ring substituents is 1. The zero-order valence-electron chi connectivity index (χ0n) is 16.0. The molecule has 0 bridgehead atoms. The first-order valence-electron chi connectivity index (χ1n) is 9.74. The van der Waals surface area contributed by atoms with Crippen LogP contribution >= 0.6 is 0 Å². The first kappa shape index (κ1) is 18.6. The van der Waals surface area contributed by atoms with Gasteiger partial charge < -0.3 is 9.88 Å². The molecule has 0 aliphatic carbocycles. The molecule has 1 aliphatic rings. The summed E-state index contributed by atoms with van der Waals surface area (Å²) in [5, 5.41) is 12.0. The number of non-ortho nitro benzene ring substituents is 1. The largest absolute Gasteiger partial charge is 0.361 e. The number of aromatic amines is 1. The van der Waals surface area contributed by atoms with Gasteiger partial charge in [0.15, 0.2) is 0 Å². The summed E-state index contributed by atoms with van der Waals surface area (Å²) in [4.78, 5) is 16.3. The first-order valence-corrected chi connectivity index (χ1v) is 9.74. The minimum Gasteiger partial charge on any atom is -0.361 e. The molecule has 0 spiro atoms. The number of hydrogen-bond acceptors (Lipinski definition) is 3. The standard InChI is InChI=1S/C22H24FN3O2/c1-15-2-4-19(26(27)28)12-17(15)8-11-25-9-6-16(7-10-25)21-14-24-22-5-3-18(23)13-20(21)22/h2-5,12-14,16,24H,6-11H2,1H3. The van der Waals surface area contributed by atoms with Crippen molar-refractivity contribution in [3.63, 3.8) is 0 Å². The number of rotatable bonds is 5. The maximum atomic E-state index is 13.6. The van der Waals surface area contributed by atoms with Crippen molar-refractivity contribution in [2.24, 2.45) is 0 Å². The highest BCUT2D eigenvalue weighted by Gasteiger charge is 2.23. The Morgan fingerprint density at radius 1 is 1.21 bits per heavy atom. The molecule has 1 aliphatic heterocycles. The second-order valence-electron chi connectivity index (χ2n) is 7.67. The molecule has 0 radical (unpaired) electrons. The number of likely N-dealkylation sites (tertiary alicyclic amines) is 1. The fraction of sp³-hybridized carbons (Fsp3) is 0.364. The zero-order valence-corrected chi connectivity index (χ0v) is 16.0. The molecule has 0 atom stereocenters. The number of aromatic nitrogens is 1. The van der Waals surface area contributed by atoms with Gasteiger partial charge in [0.1, 0.15) is 5.82 Å². The smallest absolute Gasteiger partial charge is 0.269 e. The summed E-state index contributed by atoms with van der Waals surface area (Å²) in [6.07, 6.45) is 4.92. The van der Waals surface area contributed by atoms with E-state index in [-0.39, 0.29) is 16.4 Å². The summed E-state index contributed by atoms with van der Waals surface area (Å²) in [6.45, 7) is 4.87. The van der Waals surface area contributed by atoms with Gasteiger partial charge in [-0.3, -0.25) is 10.1 Å². The van der Waals surface area contributed by atoms with Gasteiger partial charge >= 0.3 is 0 Å². The number of nitrogens with one attached hydrogen (secondary N) is 1.